The molecule has 0 bridgehead atoms. The maximum Gasteiger partial charge on any atom is 0.305 e. The first-order valence-corrected chi connectivity index (χ1v) is 5.55. The average molecular weight is 229 g/mol. The van der Waals surface area contributed by atoms with Crippen molar-refractivity contribution in [2.24, 2.45) is 5.11 Å². The van der Waals surface area contributed by atoms with E-state index >= 15 is 0 Å². The molecule has 92 valence electrons. The molecule has 0 atom stereocenters. The summed E-state index contributed by atoms with van der Waals surface area (Å²) in [6.45, 7) is 3.81. The van der Waals surface area contributed by atoms with Crippen molar-refractivity contribution < 1.29 is 14.3 Å². The van der Waals surface area contributed by atoms with Crippen molar-refractivity contribution in [1.82, 2.24) is 0 Å². The highest BCUT2D eigenvalue weighted by atomic mass is 16.6. The minimum absolute atomic E-state index is 0.191. The zero-order valence-corrected chi connectivity index (χ0v) is 9.72. The van der Waals surface area contributed by atoms with Crippen LogP contribution in [0.2, 0.25) is 0 Å². The van der Waals surface area contributed by atoms with Crippen molar-refractivity contribution in [3.63, 3.8) is 0 Å². The van der Waals surface area contributed by atoms with E-state index in [1.165, 1.54) is 0 Å². The normalized spacial score (nSPS) is 9.56. The van der Waals surface area contributed by atoms with Gasteiger partial charge in [0.1, 0.15) is 6.61 Å². The molecule has 0 aliphatic rings. The maximum absolute atomic E-state index is 11.1. The highest BCUT2D eigenvalue weighted by Gasteiger charge is 2.01. The lowest BCUT2D eigenvalue weighted by Crippen LogP contribution is -2.10. The molecular formula is C10H19N3O3. The number of rotatable bonds is 10. The third-order valence-corrected chi connectivity index (χ3v) is 1.90. The van der Waals surface area contributed by atoms with Gasteiger partial charge in [-0.2, -0.15) is 0 Å². The van der Waals surface area contributed by atoms with E-state index in [9.17, 15) is 4.79 Å². The first-order chi connectivity index (χ1) is 7.81. The van der Waals surface area contributed by atoms with Gasteiger partial charge >= 0.3 is 5.97 Å². The minimum atomic E-state index is -0.191. The zero-order valence-electron chi connectivity index (χ0n) is 9.72. The molecule has 0 unspecified atom stereocenters. The first-order valence-electron chi connectivity index (χ1n) is 5.55. The van der Waals surface area contributed by atoms with Gasteiger partial charge < -0.3 is 9.47 Å². The van der Waals surface area contributed by atoms with E-state index in [1.54, 1.807) is 0 Å². The topological polar surface area (TPSA) is 84.3 Å². The molecule has 0 aromatic carbocycles. The van der Waals surface area contributed by atoms with Crippen LogP contribution in [-0.2, 0) is 14.3 Å². The highest BCUT2D eigenvalue weighted by Crippen LogP contribution is 2.01. The summed E-state index contributed by atoms with van der Waals surface area (Å²) < 4.78 is 9.96. The predicted molar refractivity (Wildman–Crippen MR) is 59.9 cm³/mol. The Labute approximate surface area is 95.5 Å². The van der Waals surface area contributed by atoms with Gasteiger partial charge in [-0.15, -0.1) is 0 Å². The summed E-state index contributed by atoms with van der Waals surface area (Å²) in [6.07, 6.45) is 2.88. The molecule has 6 heteroatoms. The third-order valence-electron chi connectivity index (χ3n) is 1.90. The van der Waals surface area contributed by atoms with Crippen molar-refractivity contribution in [3.05, 3.63) is 10.4 Å². The molecule has 0 aliphatic carbocycles. The molecule has 6 nitrogen and oxygen atoms in total. The summed E-state index contributed by atoms with van der Waals surface area (Å²) in [5, 5.41) is 3.41. The van der Waals surface area contributed by atoms with Gasteiger partial charge in [0, 0.05) is 24.5 Å². The van der Waals surface area contributed by atoms with Gasteiger partial charge in [-0.1, -0.05) is 11.5 Å². The summed E-state index contributed by atoms with van der Waals surface area (Å²) in [7, 11) is 0. The summed E-state index contributed by atoms with van der Waals surface area (Å²) >= 11 is 0. The second kappa shape index (κ2) is 11.8. The predicted octanol–water partition coefficient (Wildman–Crippen LogP) is 2.44. The summed E-state index contributed by atoms with van der Waals surface area (Å²) in [5.74, 6) is -0.191. The Kier molecular flexibility index (Phi) is 10.9. The van der Waals surface area contributed by atoms with Crippen molar-refractivity contribution in [3.8, 4) is 0 Å². The molecular weight excluding hydrogens is 210 g/mol. The van der Waals surface area contributed by atoms with Crippen LogP contribution in [0.4, 0.5) is 0 Å². The van der Waals surface area contributed by atoms with E-state index in [1.807, 2.05) is 6.92 Å². The standard InChI is InChI=1S/C10H19N3O3/c1-2-15-8-9-16-10(14)6-4-3-5-7-12-13-11/h2-9H2,1H3. The number of azide groups is 1. The van der Waals surface area contributed by atoms with Crippen LogP contribution in [0.5, 0.6) is 0 Å². The lowest BCUT2D eigenvalue weighted by Gasteiger charge is -2.04. The first kappa shape index (κ1) is 14.7. The molecule has 0 aromatic heterocycles. The molecule has 0 aromatic rings. The maximum atomic E-state index is 11.1. The van der Waals surface area contributed by atoms with Gasteiger partial charge in [0.2, 0.25) is 0 Å². The van der Waals surface area contributed by atoms with Gasteiger partial charge in [-0.05, 0) is 25.3 Å². The fourth-order valence-corrected chi connectivity index (χ4v) is 1.10. The Morgan fingerprint density at radius 3 is 2.81 bits per heavy atom. The molecule has 0 fully saturated rings. The number of esters is 1. The molecule has 0 saturated carbocycles. The largest absolute Gasteiger partial charge is 0.463 e. The number of unbranched alkanes of at least 4 members (excludes halogenated alkanes) is 2. The van der Waals surface area contributed by atoms with Crippen molar-refractivity contribution in [1.29, 1.82) is 0 Å². The number of carbonyl (C=O) groups is 1. The van der Waals surface area contributed by atoms with E-state index < -0.39 is 0 Å². The number of hydrogen-bond donors (Lipinski definition) is 0. The number of ether oxygens (including phenoxy) is 2. The van der Waals surface area contributed by atoms with Crippen LogP contribution in [0, 0.1) is 0 Å². The van der Waals surface area contributed by atoms with Crippen LogP contribution in [0.3, 0.4) is 0 Å². The fourth-order valence-electron chi connectivity index (χ4n) is 1.10. The molecule has 0 amide bonds. The van der Waals surface area contributed by atoms with Crippen LogP contribution in [0.15, 0.2) is 5.11 Å². The highest BCUT2D eigenvalue weighted by molar-refractivity contribution is 5.69. The Bertz CT molecular complexity index is 227. The van der Waals surface area contributed by atoms with E-state index in [-0.39, 0.29) is 5.97 Å². The Morgan fingerprint density at radius 2 is 2.12 bits per heavy atom. The number of nitrogens with zero attached hydrogens (tertiary/aromatic N) is 3. The van der Waals surface area contributed by atoms with Gasteiger partial charge in [-0.25, -0.2) is 0 Å². The van der Waals surface area contributed by atoms with Crippen molar-refractivity contribution >= 4 is 5.97 Å². The van der Waals surface area contributed by atoms with Gasteiger partial charge in [-0.3, -0.25) is 4.79 Å². The van der Waals surface area contributed by atoms with Crippen LogP contribution in [-0.4, -0.2) is 32.3 Å². The van der Waals surface area contributed by atoms with Crippen LogP contribution >= 0.6 is 0 Å². The van der Waals surface area contributed by atoms with Crippen molar-refractivity contribution in [2.75, 3.05) is 26.4 Å². The molecule has 16 heavy (non-hydrogen) atoms. The monoisotopic (exact) mass is 229 g/mol. The van der Waals surface area contributed by atoms with E-state index in [2.05, 4.69) is 10.0 Å². The number of hydrogen-bond acceptors (Lipinski definition) is 4. The minimum Gasteiger partial charge on any atom is -0.463 e. The Morgan fingerprint density at radius 1 is 1.31 bits per heavy atom. The molecule has 0 spiro atoms. The Hall–Kier alpha value is -1.26. The fraction of sp³-hybridized carbons (Fsp3) is 0.900. The molecule has 0 aliphatic heterocycles. The van der Waals surface area contributed by atoms with Gasteiger partial charge in [0.25, 0.3) is 0 Å². The van der Waals surface area contributed by atoms with Gasteiger partial charge in [0.05, 0.1) is 6.61 Å². The smallest absolute Gasteiger partial charge is 0.305 e. The Balaban J connectivity index is 3.20. The third kappa shape index (κ3) is 10.8. The summed E-state index contributed by atoms with van der Waals surface area (Å²) in [4.78, 5) is 13.8. The van der Waals surface area contributed by atoms with Crippen molar-refractivity contribution in [2.45, 2.75) is 32.6 Å². The number of carbonyl (C=O) groups excluding carboxylic acids is 1. The van der Waals surface area contributed by atoms with Crippen LogP contribution in [0.25, 0.3) is 10.4 Å². The molecule has 0 radical (unpaired) electrons. The lowest BCUT2D eigenvalue weighted by molar-refractivity contribution is -0.145. The molecule has 0 rings (SSSR count). The quantitative estimate of drug-likeness (QED) is 0.189. The molecule has 0 heterocycles. The van der Waals surface area contributed by atoms with Crippen LogP contribution in [0.1, 0.15) is 32.6 Å². The average Bonchev–Trinajstić information content (AvgIpc) is 2.29. The molecule has 0 N–H and O–H groups in total. The second-order valence-corrected chi connectivity index (χ2v) is 3.18. The van der Waals surface area contributed by atoms with Crippen LogP contribution < -0.4 is 0 Å². The summed E-state index contributed by atoms with van der Waals surface area (Å²) in [5.41, 5.74) is 8.02. The lowest BCUT2D eigenvalue weighted by atomic mass is 10.2. The summed E-state index contributed by atoms with van der Waals surface area (Å²) in [6, 6.07) is 0. The van der Waals surface area contributed by atoms with E-state index in [4.69, 9.17) is 15.0 Å². The van der Waals surface area contributed by atoms with Gasteiger partial charge in [0.15, 0.2) is 0 Å². The molecule has 0 saturated heterocycles. The van der Waals surface area contributed by atoms with E-state index in [0.717, 1.165) is 19.3 Å². The zero-order chi connectivity index (χ0) is 12.1. The second-order valence-electron chi connectivity index (χ2n) is 3.18. The SMILES string of the molecule is CCOCCOC(=O)CCCCCN=[N+]=[N-]. The van der Waals surface area contributed by atoms with E-state index in [0.29, 0.717) is 32.8 Å².